The summed E-state index contributed by atoms with van der Waals surface area (Å²) in [6.07, 6.45) is 1.22. The Labute approximate surface area is 110 Å². The second-order valence-electron chi connectivity index (χ2n) is 4.84. The Bertz CT molecular complexity index is 459. The summed E-state index contributed by atoms with van der Waals surface area (Å²) in [7, 11) is 0. The quantitative estimate of drug-likeness (QED) is 0.789. The molecule has 0 aliphatic rings. The maximum atomic E-state index is 3.47. The first-order chi connectivity index (χ1) is 8.79. The smallest absolute Gasteiger partial charge is 0.0340 e. The zero-order valence-electron chi connectivity index (χ0n) is 11.2. The molecule has 0 aliphatic heterocycles. The van der Waals surface area contributed by atoms with Crippen LogP contribution in [0.5, 0.6) is 0 Å². The van der Waals surface area contributed by atoms with Gasteiger partial charge in [0.15, 0.2) is 0 Å². The van der Waals surface area contributed by atoms with Crippen LogP contribution in [-0.2, 0) is 0 Å². The third-order valence-corrected chi connectivity index (χ3v) is 3.34. The van der Waals surface area contributed by atoms with Crippen molar-refractivity contribution in [2.45, 2.75) is 20.3 Å². The summed E-state index contributed by atoms with van der Waals surface area (Å²) in [5, 5.41) is 3.47. The Morgan fingerprint density at radius 2 is 1.50 bits per heavy atom. The number of hydrogen-bond donors (Lipinski definition) is 1. The lowest BCUT2D eigenvalue weighted by Gasteiger charge is -2.11. The molecule has 2 aromatic carbocycles. The second kappa shape index (κ2) is 6.25. The molecule has 94 valence electrons. The molecular weight excluding hydrogens is 218 g/mol. The number of nitrogens with one attached hydrogen (secondary N) is 1. The maximum Gasteiger partial charge on any atom is 0.0340 e. The first-order valence-corrected chi connectivity index (χ1v) is 6.69. The molecular formula is C17H21N. The van der Waals surface area contributed by atoms with Crippen molar-refractivity contribution in [1.29, 1.82) is 0 Å². The average Bonchev–Trinajstić information content (AvgIpc) is 2.46. The largest absolute Gasteiger partial charge is 0.385 e. The molecule has 0 aliphatic carbocycles. The van der Waals surface area contributed by atoms with Crippen LogP contribution in [0.4, 0.5) is 5.69 Å². The van der Waals surface area contributed by atoms with E-state index in [0.29, 0.717) is 0 Å². The van der Waals surface area contributed by atoms with E-state index in [-0.39, 0.29) is 0 Å². The highest BCUT2D eigenvalue weighted by Gasteiger charge is 1.99. The maximum absolute atomic E-state index is 3.47. The molecule has 1 nitrogen and oxygen atoms in total. The lowest BCUT2D eigenvalue weighted by Crippen LogP contribution is -2.09. The average molecular weight is 239 g/mol. The summed E-state index contributed by atoms with van der Waals surface area (Å²) in [6.45, 7) is 5.54. The number of benzene rings is 2. The van der Waals surface area contributed by atoms with E-state index in [9.17, 15) is 0 Å². The van der Waals surface area contributed by atoms with Crippen LogP contribution >= 0.6 is 0 Å². The van der Waals surface area contributed by atoms with Gasteiger partial charge in [-0.1, -0.05) is 62.7 Å². The monoisotopic (exact) mass is 239 g/mol. The van der Waals surface area contributed by atoms with Gasteiger partial charge in [0.25, 0.3) is 0 Å². The van der Waals surface area contributed by atoms with Crippen LogP contribution in [0, 0.1) is 5.92 Å². The first-order valence-electron chi connectivity index (χ1n) is 6.69. The Hall–Kier alpha value is -1.76. The molecule has 0 spiro atoms. The SMILES string of the molecule is CCC(C)CNc1ccc(-c2ccccc2)cc1. The fourth-order valence-electron chi connectivity index (χ4n) is 1.85. The van der Waals surface area contributed by atoms with Gasteiger partial charge in [-0.15, -0.1) is 0 Å². The van der Waals surface area contributed by atoms with Crippen molar-refractivity contribution in [2.75, 3.05) is 11.9 Å². The molecule has 0 amide bonds. The predicted molar refractivity (Wildman–Crippen MR) is 79.8 cm³/mol. The molecule has 0 radical (unpaired) electrons. The molecule has 2 aromatic rings. The van der Waals surface area contributed by atoms with Gasteiger partial charge in [0.2, 0.25) is 0 Å². The molecule has 0 heterocycles. The van der Waals surface area contributed by atoms with Gasteiger partial charge in [0.05, 0.1) is 0 Å². The van der Waals surface area contributed by atoms with Crippen LogP contribution in [0.15, 0.2) is 54.6 Å². The molecule has 1 N–H and O–H groups in total. The molecule has 1 unspecified atom stereocenters. The normalized spacial score (nSPS) is 12.1. The summed E-state index contributed by atoms with van der Waals surface area (Å²) >= 11 is 0. The van der Waals surface area contributed by atoms with Crippen LogP contribution in [0.2, 0.25) is 0 Å². The van der Waals surface area contributed by atoms with Crippen LogP contribution in [0.1, 0.15) is 20.3 Å². The van der Waals surface area contributed by atoms with E-state index in [4.69, 9.17) is 0 Å². The van der Waals surface area contributed by atoms with Crippen molar-refractivity contribution < 1.29 is 0 Å². The predicted octanol–water partition coefficient (Wildman–Crippen LogP) is 4.81. The minimum Gasteiger partial charge on any atom is -0.385 e. The number of anilines is 1. The summed E-state index contributed by atoms with van der Waals surface area (Å²) < 4.78 is 0. The summed E-state index contributed by atoms with van der Waals surface area (Å²) in [5.41, 5.74) is 3.74. The lowest BCUT2D eigenvalue weighted by atomic mass is 10.1. The number of rotatable bonds is 5. The van der Waals surface area contributed by atoms with Crippen molar-refractivity contribution in [3.05, 3.63) is 54.6 Å². The van der Waals surface area contributed by atoms with Gasteiger partial charge in [-0.2, -0.15) is 0 Å². The molecule has 1 atom stereocenters. The van der Waals surface area contributed by atoms with Gasteiger partial charge >= 0.3 is 0 Å². The van der Waals surface area contributed by atoms with Gasteiger partial charge in [-0.25, -0.2) is 0 Å². The van der Waals surface area contributed by atoms with Gasteiger partial charge < -0.3 is 5.32 Å². The zero-order chi connectivity index (χ0) is 12.8. The summed E-state index contributed by atoms with van der Waals surface area (Å²) in [4.78, 5) is 0. The summed E-state index contributed by atoms with van der Waals surface area (Å²) in [6, 6.07) is 19.1. The highest BCUT2D eigenvalue weighted by molar-refractivity contribution is 5.65. The summed E-state index contributed by atoms with van der Waals surface area (Å²) in [5.74, 6) is 0.721. The minimum atomic E-state index is 0.721. The van der Waals surface area contributed by atoms with Crippen LogP contribution < -0.4 is 5.32 Å². The van der Waals surface area contributed by atoms with E-state index in [1.165, 1.54) is 23.2 Å². The molecule has 2 rings (SSSR count). The Morgan fingerprint density at radius 1 is 0.889 bits per heavy atom. The standard InChI is InChI=1S/C17H21N/c1-3-14(2)13-18-17-11-9-16(10-12-17)15-7-5-4-6-8-15/h4-12,14,18H,3,13H2,1-2H3. The second-order valence-corrected chi connectivity index (χ2v) is 4.84. The van der Waals surface area contributed by atoms with E-state index in [0.717, 1.165) is 12.5 Å². The van der Waals surface area contributed by atoms with Gasteiger partial charge in [-0.3, -0.25) is 0 Å². The van der Waals surface area contributed by atoms with Crippen molar-refractivity contribution in [3.8, 4) is 11.1 Å². The zero-order valence-corrected chi connectivity index (χ0v) is 11.2. The van der Waals surface area contributed by atoms with E-state index in [2.05, 4.69) is 67.7 Å². The third-order valence-electron chi connectivity index (χ3n) is 3.34. The fraction of sp³-hybridized carbons (Fsp3) is 0.294. The van der Waals surface area contributed by atoms with Crippen LogP contribution in [0.25, 0.3) is 11.1 Å². The van der Waals surface area contributed by atoms with E-state index in [1.54, 1.807) is 0 Å². The Morgan fingerprint density at radius 3 is 2.11 bits per heavy atom. The van der Waals surface area contributed by atoms with Crippen molar-refractivity contribution >= 4 is 5.69 Å². The molecule has 0 bridgehead atoms. The topological polar surface area (TPSA) is 12.0 Å². The molecule has 0 saturated heterocycles. The van der Waals surface area contributed by atoms with Crippen molar-refractivity contribution in [1.82, 2.24) is 0 Å². The van der Waals surface area contributed by atoms with E-state index in [1.807, 2.05) is 6.07 Å². The van der Waals surface area contributed by atoms with Gasteiger partial charge in [0.1, 0.15) is 0 Å². The Kier molecular flexibility index (Phi) is 4.40. The van der Waals surface area contributed by atoms with E-state index < -0.39 is 0 Å². The number of hydrogen-bond acceptors (Lipinski definition) is 1. The minimum absolute atomic E-state index is 0.721. The molecule has 0 saturated carbocycles. The molecule has 0 fully saturated rings. The highest BCUT2D eigenvalue weighted by atomic mass is 14.9. The Balaban J connectivity index is 2.02. The highest BCUT2D eigenvalue weighted by Crippen LogP contribution is 2.21. The molecule has 1 heteroatoms. The molecule has 0 aromatic heterocycles. The fourth-order valence-corrected chi connectivity index (χ4v) is 1.85. The van der Waals surface area contributed by atoms with Crippen molar-refractivity contribution in [2.24, 2.45) is 5.92 Å². The van der Waals surface area contributed by atoms with E-state index >= 15 is 0 Å². The van der Waals surface area contributed by atoms with Crippen molar-refractivity contribution in [3.63, 3.8) is 0 Å². The third kappa shape index (κ3) is 3.36. The lowest BCUT2D eigenvalue weighted by molar-refractivity contribution is 0.593. The van der Waals surface area contributed by atoms with Gasteiger partial charge in [0, 0.05) is 12.2 Å². The first kappa shape index (κ1) is 12.7. The molecule has 18 heavy (non-hydrogen) atoms. The van der Waals surface area contributed by atoms with Crippen LogP contribution in [-0.4, -0.2) is 6.54 Å². The van der Waals surface area contributed by atoms with Gasteiger partial charge in [-0.05, 0) is 29.2 Å². The van der Waals surface area contributed by atoms with Crippen LogP contribution in [0.3, 0.4) is 0 Å².